The Balaban J connectivity index is 2.96. The third-order valence-electron chi connectivity index (χ3n) is 1.93. The van der Waals surface area contributed by atoms with Crippen LogP contribution >= 0.6 is 11.8 Å². The summed E-state index contributed by atoms with van der Waals surface area (Å²) in [6, 6.07) is 8.03. The molecule has 1 rings (SSSR count). The Labute approximate surface area is 77.8 Å². The van der Waals surface area contributed by atoms with Crippen molar-refractivity contribution in [2.75, 3.05) is 6.26 Å². The third-order valence-corrected chi connectivity index (χ3v) is 2.63. The normalized spacial score (nSPS) is 12.9. The van der Waals surface area contributed by atoms with Crippen LogP contribution < -0.4 is 0 Å². The van der Waals surface area contributed by atoms with Gasteiger partial charge in [-0.15, -0.1) is 11.8 Å². The molecule has 12 heavy (non-hydrogen) atoms. The van der Waals surface area contributed by atoms with Gasteiger partial charge in [-0.1, -0.05) is 31.2 Å². The number of aryl methyl sites for hydroxylation is 1. The van der Waals surface area contributed by atoms with Gasteiger partial charge >= 0.3 is 0 Å². The van der Waals surface area contributed by atoms with E-state index < -0.39 is 0 Å². The number of hydrogen-bond acceptors (Lipinski definition) is 2. The molecule has 2 heteroatoms. The van der Waals surface area contributed by atoms with Gasteiger partial charge in [0, 0.05) is 0 Å². The Morgan fingerprint density at radius 1 is 1.42 bits per heavy atom. The SMILES string of the molecule is CCc1ccccc1C(O)SC. The smallest absolute Gasteiger partial charge is 0.125 e. The fourth-order valence-electron chi connectivity index (χ4n) is 1.22. The molecule has 0 saturated heterocycles. The van der Waals surface area contributed by atoms with Crippen LogP contribution in [0.1, 0.15) is 23.5 Å². The number of aliphatic hydroxyl groups is 1. The molecule has 0 aliphatic carbocycles. The topological polar surface area (TPSA) is 20.2 Å². The molecule has 66 valence electrons. The molecule has 1 N–H and O–H groups in total. The quantitative estimate of drug-likeness (QED) is 0.725. The van der Waals surface area contributed by atoms with E-state index in [2.05, 4.69) is 13.0 Å². The van der Waals surface area contributed by atoms with E-state index in [0.29, 0.717) is 0 Å². The van der Waals surface area contributed by atoms with E-state index in [4.69, 9.17) is 0 Å². The summed E-state index contributed by atoms with van der Waals surface area (Å²) in [5, 5.41) is 9.60. The lowest BCUT2D eigenvalue weighted by Gasteiger charge is -2.11. The Kier molecular flexibility index (Phi) is 3.63. The summed E-state index contributed by atoms with van der Waals surface area (Å²) in [4.78, 5) is 0. The number of thioether (sulfide) groups is 1. The maximum atomic E-state index is 9.60. The summed E-state index contributed by atoms with van der Waals surface area (Å²) in [5.41, 5.74) is 1.91. The molecule has 0 aliphatic heterocycles. The molecule has 0 aromatic heterocycles. The molecular weight excluding hydrogens is 168 g/mol. The summed E-state index contributed by atoms with van der Waals surface area (Å²) in [5.74, 6) is 0. The highest BCUT2D eigenvalue weighted by Crippen LogP contribution is 2.26. The molecule has 0 saturated carbocycles. The molecule has 0 aliphatic rings. The zero-order chi connectivity index (χ0) is 8.97. The lowest BCUT2D eigenvalue weighted by atomic mass is 10.1. The van der Waals surface area contributed by atoms with Gasteiger partial charge in [-0.2, -0.15) is 0 Å². The minimum absolute atomic E-state index is 0.374. The van der Waals surface area contributed by atoms with E-state index in [0.717, 1.165) is 12.0 Å². The number of hydrogen-bond donors (Lipinski definition) is 1. The molecule has 1 nitrogen and oxygen atoms in total. The number of benzene rings is 1. The predicted octanol–water partition coefficient (Wildman–Crippen LogP) is 2.60. The van der Waals surface area contributed by atoms with Gasteiger partial charge in [0.1, 0.15) is 5.44 Å². The number of aliphatic hydroxyl groups excluding tert-OH is 1. The molecule has 0 bridgehead atoms. The van der Waals surface area contributed by atoms with E-state index in [-0.39, 0.29) is 5.44 Å². The molecule has 0 fully saturated rings. The summed E-state index contributed by atoms with van der Waals surface area (Å²) in [7, 11) is 0. The van der Waals surface area contributed by atoms with Gasteiger partial charge in [0.05, 0.1) is 0 Å². The standard InChI is InChI=1S/C10H14OS/c1-3-8-6-4-5-7-9(8)10(11)12-2/h4-7,10-11H,3H2,1-2H3. The van der Waals surface area contributed by atoms with Crippen molar-refractivity contribution in [2.45, 2.75) is 18.8 Å². The lowest BCUT2D eigenvalue weighted by molar-refractivity contribution is 0.269. The van der Waals surface area contributed by atoms with Crippen LogP contribution in [0.15, 0.2) is 24.3 Å². The van der Waals surface area contributed by atoms with Crippen molar-refractivity contribution in [1.29, 1.82) is 0 Å². The fourth-order valence-corrected chi connectivity index (χ4v) is 1.71. The van der Waals surface area contributed by atoms with Crippen LogP contribution in [0.4, 0.5) is 0 Å². The van der Waals surface area contributed by atoms with Gasteiger partial charge in [0.2, 0.25) is 0 Å². The maximum Gasteiger partial charge on any atom is 0.125 e. The van der Waals surface area contributed by atoms with Crippen molar-refractivity contribution in [2.24, 2.45) is 0 Å². The predicted molar refractivity (Wildman–Crippen MR) is 54.3 cm³/mol. The van der Waals surface area contributed by atoms with Crippen molar-refractivity contribution < 1.29 is 5.11 Å². The van der Waals surface area contributed by atoms with Crippen LogP contribution in [0.2, 0.25) is 0 Å². The van der Waals surface area contributed by atoms with E-state index in [1.54, 1.807) is 0 Å². The van der Waals surface area contributed by atoms with E-state index >= 15 is 0 Å². The Morgan fingerprint density at radius 3 is 2.67 bits per heavy atom. The van der Waals surface area contributed by atoms with Gasteiger partial charge in [-0.3, -0.25) is 0 Å². The molecule has 0 radical (unpaired) electrons. The Morgan fingerprint density at radius 2 is 2.08 bits per heavy atom. The highest BCUT2D eigenvalue weighted by Gasteiger charge is 2.07. The molecule has 0 spiro atoms. The van der Waals surface area contributed by atoms with Gasteiger partial charge in [-0.05, 0) is 23.8 Å². The van der Waals surface area contributed by atoms with Crippen LogP contribution in [0.3, 0.4) is 0 Å². The molecule has 0 amide bonds. The minimum Gasteiger partial charge on any atom is -0.378 e. The molecule has 1 atom stereocenters. The summed E-state index contributed by atoms with van der Waals surface area (Å²) >= 11 is 1.46. The van der Waals surface area contributed by atoms with Crippen molar-refractivity contribution in [3.8, 4) is 0 Å². The Bertz CT molecular complexity index is 247. The van der Waals surface area contributed by atoms with Crippen molar-refractivity contribution >= 4 is 11.8 Å². The fraction of sp³-hybridized carbons (Fsp3) is 0.400. The second-order valence-electron chi connectivity index (χ2n) is 2.64. The first-order valence-electron chi connectivity index (χ1n) is 4.08. The second-order valence-corrected chi connectivity index (χ2v) is 3.56. The van der Waals surface area contributed by atoms with Gasteiger partial charge in [0.25, 0.3) is 0 Å². The first kappa shape index (κ1) is 9.62. The molecular formula is C10H14OS. The molecule has 1 aromatic rings. The Hall–Kier alpha value is -0.470. The maximum absolute atomic E-state index is 9.60. The monoisotopic (exact) mass is 182 g/mol. The first-order chi connectivity index (χ1) is 5.79. The summed E-state index contributed by atoms with van der Waals surface area (Å²) < 4.78 is 0. The average molecular weight is 182 g/mol. The second kappa shape index (κ2) is 4.53. The number of rotatable bonds is 3. The zero-order valence-electron chi connectivity index (χ0n) is 7.45. The average Bonchev–Trinajstić information content (AvgIpc) is 2.16. The highest BCUT2D eigenvalue weighted by atomic mass is 32.2. The van der Waals surface area contributed by atoms with E-state index in [9.17, 15) is 5.11 Å². The summed E-state index contributed by atoms with van der Waals surface area (Å²) in [6.07, 6.45) is 2.89. The van der Waals surface area contributed by atoms with Gasteiger partial charge in [0.15, 0.2) is 0 Å². The highest BCUT2D eigenvalue weighted by molar-refractivity contribution is 7.98. The van der Waals surface area contributed by atoms with Crippen molar-refractivity contribution in [3.05, 3.63) is 35.4 Å². The molecule has 0 heterocycles. The lowest BCUT2D eigenvalue weighted by Crippen LogP contribution is -1.96. The van der Waals surface area contributed by atoms with E-state index in [1.807, 2.05) is 24.5 Å². The van der Waals surface area contributed by atoms with Gasteiger partial charge in [-0.25, -0.2) is 0 Å². The minimum atomic E-state index is -0.374. The van der Waals surface area contributed by atoms with Crippen LogP contribution in [0, 0.1) is 0 Å². The van der Waals surface area contributed by atoms with E-state index in [1.165, 1.54) is 17.3 Å². The summed E-state index contributed by atoms with van der Waals surface area (Å²) in [6.45, 7) is 2.10. The van der Waals surface area contributed by atoms with Crippen molar-refractivity contribution in [3.63, 3.8) is 0 Å². The van der Waals surface area contributed by atoms with Crippen LogP contribution in [0.25, 0.3) is 0 Å². The van der Waals surface area contributed by atoms with Crippen LogP contribution in [0.5, 0.6) is 0 Å². The van der Waals surface area contributed by atoms with Crippen LogP contribution in [-0.2, 0) is 6.42 Å². The largest absolute Gasteiger partial charge is 0.378 e. The molecule has 1 aromatic carbocycles. The van der Waals surface area contributed by atoms with Gasteiger partial charge < -0.3 is 5.11 Å². The van der Waals surface area contributed by atoms with Crippen molar-refractivity contribution in [1.82, 2.24) is 0 Å². The van der Waals surface area contributed by atoms with Crippen LogP contribution in [-0.4, -0.2) is 11.4 Å². The third kappa shape index (κ3) is 2.02. The first-order valence-corrected chi connectivity index (χ1v) is 5.37. The molecule has 1 unspecified atom stereocenters. The zero-order valence-corrected chi connectivity index (χ0v) is 8.27.